The molecular formula is C18H15N3O7S. The molecule has 1 N–H and O–H groups in total. The number of benzene rings is 2. The molecule has 0 spiro atoms. The maximum absolute atomic E-state index is 12.3. The highest BCUT2D eigenvalue weighted by Crippen LogP contribution is 2.34. The summed E-state index contributed by atoms with van der Waals surface area (Å²) in [5.74, 6) is -0.600. The van der Waals surface area contributed by atoms with Crippen LogP contribution in [-0.2, 0) is 19.7 Å². The van der Waals surface area contributed by atoms with Crippen LogP contribution in [0.25, 0.3) is 22.4 Å². The second kappa shape index (κ2) is 8.10. The van der Waals surface area contributed by atoms with Crippen LogP contribution in [0, 0.1) is 17.0 Å². The third-order valence-corrected chi connectivity index (χ3v) is 5.30. The smallest absolute Gasteiger partial charge is 0.295 e. The highest BCUT2D eigenvalue weighted by Gasteiger charge is 2.20. The fourth-order valence-corrected chi connectivity index (χ4v) is 3.63. The minimum Gasteiger partial charge on any atom is -0.360 e. The van der Waals surface area contributed by atoms with E-state index in [2.05, 4.69) is 9.99 Å². The molecular weight excluding hydrogens is 402 g/mol. The van der Waals surface area contributed by atoms with Gasteiger partial charge in [-0.25, -0.2) is 13.1 Å². The van der Waals surface area contributed by atoms with Crippen molar-refractivity contribution in [3.8, 4) is 22.4 Å². The van der Waals surface area contributed by atoms with Gasteiger partial charge in [0.2, 0.25) is 0 Å². The molecule has 29 heavy (non-hydrogen) atoms. The number of rotatable bonds is 7. The average molecular weight is 417 g/mol. The minimum atomic E-state index is -4.21. The van der Waals surface area contributed by atoms with E-state index in [-0.39, 0.29) is 4.90 Å². The Hall–Kier alpha value is -3.73. The van der Waals surface area contributed by atoms with E-state index in [1.54, 1.807) is 23.8 Å². The van der Waals surface area contributed by atoms with Gasteiger partial charge in [0.15, 0.2) is 6.61 Å². The van der Waals surface area contributed by atoms with Gasteiger partial charge in [-0.15, -0.1) is 10.1 Å². The number of aromatic nitrogens is 1. The van der Waals surface area contributed by atoms with Crippen molar-refractivity contribution >= 4 is 15.9 Å². The van der Waals surface area contributed by atoms with Crippen LogP contribution in [0.4, 0.5) is 0 Å². The van der Waals surface area contributed by atoms with Gasteiger partial charge in [0, 0.05) is 5.56 Å². The summed E-state index contributed by atoms with van der Waals surface area (Å²) in [5.41, 5.74) is 2.84. The van der Waals surface area contributed by atoms with Crippen LogP contribution in [0.3, 0.4) is 0 Å². The topological polar surface area (TPSA) is 142 Å². The van der Waals surface area contributed by atoms with Crippen molar-refractivity contribution in [2.45, 2.75) is 11.8 Å². The zero-order valence-electron chi connectivity index (χ0n) is 15.1. The Kier molecular flexibility index (Phi) is 5.59. The normalized spacial score (nSPS) is 11.1. The van der Waals surface area contributed by atoms with E-state index in [4.69, 9.17) is 4.52 Å². The standard InChI is InChI=1S/C18H15N3O7S/c1-12-17(18(19-28-12)14-5-3-2-4-6-14)13-7-9-15(10-8-13)29(25,26)20-16(22)11-27-21(23)24/h2-10H,11H2,1H3,(H,20,22). The van der Waals surface area contributed by atoms with Gasteiger partial charge >= 0.3 is 0 Å². The highest BCUT2D eigenvalue weighted by molar-refractivity contribution is 7.90. The lowest BCUT2D eigenvalue weighted by molar-refractivity contribution is -0.754. The predicted molar refractivity (Wildman–Crippen MR) is 100 cm³/mol. The first-order valence-corrected chi connectivity index (χ1v) is 9.71. The van der Waals surface area contributed by atoms with Crippen molar-refractivity contribution in [2.75, 3.05) is 6.61 Å². The Morgan fingerprint density at radius 3 is 2.41 bits per heavy atom. The molecule has 150 valence electrons. The summed E-state index contributed by atoms with van der Waals surface area (Å²) >= 11 is 0. The maximum atomic E-state index is 12.3. The molecule has 0 bridgehead atoms. The minimum absolute atomic E-state index is 0.189. The van der Waals surface area contributed by atoms with Gasteiger partial charge in [-0.2, -0.15) is 0 Å². The molecule has 0 aliphatic heterocycles. The van der Waals surface area contributed by atoms with E-state index in [1.807, 2.05) is 30.3 Å². The van der Waals surface area contributed by atoms with Crippen LogP contribution < -0.4 is 4.72 Å². The lowest BCUT2D eigenvalue weighted by Crippen LogP contribution is -2.34. The number of nitrogens with zero attached hydrogens (tertiary/aromatic N) is 2. The van der Waals surface area contributed by atoms with Crippen LogP contribution in [0.2, 0.25) is 0 Å². The summed E-state index contributed by atoms with van der Waals surface area (Å²) in [6, 6.07) is 15.1. The molecule has 2 aromatic carbocycles. The van der Waals surface area contributed by atoms with Gasteiger partial charge in [0.25, 0.3) is 21.0 Å². The van der Waals surface area contributed by atoms with Crippen molar-refractivity contribution in [1.29, 1.82) is 0 Å². The number of carbonyl (C=O) groups excluding carboxylic acids is 1. The maximum Gasteiger partial charge on any atom is 0.295 e. The van der Waals surface area contributed by atoms with E-state index < -0.39 is 27.6 Å². The molecule has 1 amide bonds. The third-order valence-electron chi connectivity index (χ3n) is 3.91. The second-order valence-electron chi connectivity index (χ2n) is 5.88. The molecule has 0 saturated carbocycles. The monoisotopic (exact) mass is 417 g/mol. The molecule has 3 aromatic rings. The Morgan fingerprint density at radius 2 is 1.79 bits per heavy atom. The lowest BCUT2D eigenvalue weighted by atomic mass is 10.00. The Balaban J connectivity index is 1.85. The van der Waals surface area contributed by atoms with Gasteiger partial charge in [0.1, 0.15) is 11.5 Å². The summed E-state index contributed by atoms with van der Waals surface area (Å²) in [6.07, 6.45) is 0. The first kappa shape index (κ1) is 20.0. The number of nitrogens with one attached hydrogen (secondary N) is 1. The molecule has 0 saturated heterocycles. The van der Waals surface area contributed by atoms with E-state index >= 15 is 0 Å². The highest BCUT2D eigenvalue weighted by atomic mass is 32.2. The van der Waals surface area contributed by atoms with Gasteiger partial charge in [0.05, 0.1) is 10.5 Å². The number of amides is 1. The van der Waals surface area contributed by atoms with Crippen molar-refractivity contribution < 1.29 is 27.7 Å². The summed E-state index contributed by atoms with van der Waals surface area (Å²) in [7, 11) is -4.21. The molecule has 0 fully saturated rings. The molecule has 1 aromatic heterocycles. The van der Waals surface area contributed by atoms with Crippen LogP contribution >= 0.6 is 0 Å². The molecule has 0 radical (unpaired) electrons. The van der Waals surface area contributed by atoms with Crippen LogP contribution in [0.15, 0.2) is 64.0 Å². The van der Waals surface area contributed by atoms with Crippen LogP contribution in [0.5, 0.6) is 0 Å². The third kappa shape index (κ3) is 4.58. The zero-order chi connectivity index (χ0) is 21.0. The summed E-state index contributed by atoms with van der Waals surface area (Å²) in [5, 5.41) is 13.0. The summed E-state index contributed by atoms with van der Waals surface area (Å²) in [6.45, 7) is 0.722. The van der Waals surface area contributed by atoms with Crippen LogP contribution in [0.1, 0.15) is 5.76 Å². The second-order valence-corrected chi connectivity index (χ2v) is 7.56. The average Bonchev–Trinajstić information content (AvgIpc) is 3.08. The van der Waals surface area contributed by atoms with E-state index in [9.17, 15) is 23.3 Å². The molecule has 3 rings (SSSR count). The van der Waals surface area contributed by atoms with Gasteiger partial charge in [-0.3, -0.25) is 4.79 Å². The molecule has 0 unspecified atom stereocenters. The van der Waals surface area contributed by atoms with Crippen molar-refractivity contribution in [3.63, 3.8) is 0 Å². The molecule has 0 aliphatic rings. The van der Waals surface area contributed by atoms with Crippen molar-refractivity contribution in [1.82, 2.24) is 9.88 Å². The van der Waals surface area contributed by atoms with E-state index in [0.717, 1.165) is 5.56 Å². The van der Waals surface area contributed by atoms with E-state index in [1.165, 1.54) is 12.1 Å². The molecule has 1 heterocycles. The molecule has 0 aliphatic carbocycles. The number of hydrogen-bond donors (Lipinski definition) is 1. The predicted octanol–water partition coefficient (Wildman–Crippen LogP) is 2.33. The molecule has 10 nitrogen and oxygen atoms in total. The molecule has 11 heteroatoms. The zero-order valence-corrected chi connectivity index (χ0v) is 15.9. The Morgan fingerprint density at radius 1 is 1.14 bits per heavy atom. The van der Waals surface area contributed by atoms with Crippen LogP contribution in [-0.4, -0.2) is 31.2 Å². The Bertz CT molecular complexity index is 1140. The van der Waals surface area contributed by atoms with Gasteiger partial charge < -0.3 is 9.36 Å². The molecule has 0 atom stereocenters. The van der Waals surface area contributed by atoms with E-state index in [0.29, 0.717) is 22.6 Å². The van der Waals surface area contributed by atoms with Crippen molar-refractivity contribution in [3.05, 3.63) is 70.5 Å². The van der Waals surface area contributed by atoms with Gasteiger partial charge in [-0.1, -0.05) is 47.6 Å². The number of hydrogen-bond acceptors (Lipinski definition) is 8. The first-order chi connectivity index (χ1) is 13.8. The lowest BCUT2D eigenvalue weighted by Gasteiger charge is -2.08. The largest absolute Gasteiger partial charge is 0.360 e. The fourth-order valence-electron chi connectivity index (χ4n) is 2.66. The summed E-state index contributed by atoms with van der Waals surface area (Å²) < 4.78 is 31.5. The van der Waals surface area contributed by atoms with Crippen molar-refractivity contribution in [2.24, 2.45) is 0 Å². The fraction of sp³-hybridized carbons (Fsp3) is 0.111. The number of aryl methyl sites for hydroxylation is 1. The Labute approximate surface area is 165 Å². The number of carbonyl (C=O) groups is 1. The SMILES string of the molecule is Cc1onc(-c2ccccc2)c1-c1ccc(S(=O)(=O)NC(=O)CO[N+](=O)[O-])cc1. The number of sulfonamides is 1. The first-order valence-electron chi connectivity index (χ1n) is 8.23. The summed E-state index contributed by atoms with van der Waals surface area (Å²) in [4.78, 5) is 25.2. The quantitative estimate of drug-likeness (QED) is 0.456. The van der Waals surface area contributed by atoms with Gasteiger partial charge in [-0.05, 0) is 24.6 Å².